The summed E-state index contributed by atoms with van der Waals surface area (Å²) in [6.07, 6.45) is 4.23. The van der Waals surface area contributed by atoms with Gasteiger partial charge in [0.25, 0.3) is 10.0 Å². The third kappa shape index (κ3) is 8.52. The lowest BCUT2D eigenvalue weighted by molar-refractivity contribution is -0.140. The molecular weight excluding hydrogens is 697 g/mol. The Morgan fingerprint density at radius 3 is 2.04 bits per heavy atom. The van der Waals surface area contributed by atoms with Crippen LogP contribution in [-0.2, 0) is 32.6 Å². The van der Waals surface area contributed by atoms with Crippen molar-refractivity contribution in [2.45, 2.75) is 62.6 Å². The number of halogens is 1. The van der Waals surface area contributed by atoms with Crippen LogP contribution in [0.5, 0.6) is 0 Å². The molecule has 9 heteroatoms. The second-order valence-electron chi connectivity index (χ2n) is 11.5. The number of nitrogens with zero attached hydrogens (tertiary/aromatic N) is 2. The largest absolute Gasteiger partial charge is 0.352 e. The summed E-state index contributed by atoms with van der Waals surface area (Å²) < 4.78 is 30.2. The van der Waals surface area contributed by atoms with E-state index in [1.807, 2.05) is 73.7 Å². The Bertz CT molecular complexity index is 1680. The van der Waals surface area contributed by atoms with Gasteiger partial charge in [-0.05, 0) is 89.9 Å². The Hall–Kier alpha value is -3.70. The van der Waals surface area contributed by atoms with E-state index in [2.05, 4.69) is 27.9 Å². The van der Waals surface area contributed by atoms with Gasteiger partial charge in [0.1, 0.15) is 12.6 Å². The first-order chi connectivity index (χ1) is 21.7. The van der Waals surface area contributed by atoms with Crippen LogP contribution >= 0.6 is 22.6 Å². The summed E-state index contributed by atoms with van der Waals surface area (Å²) >= 11 is 2.16. The van der Waals surface area contributed by atoms with Crippen LogP contribution in [0.2, 0.25) is 0 Å². The van der Waals surface area contributed by atoms with Gasteiger partial charge in [-0.3, -0.25) is 13.9 Å². The van der Waals surface area contributed by atoms with Crippen molar-refractivity contribution in [2.75, 3.05) is 10.8 Å². The Kier molecular flexibility index (Phi) is 10.9. The second-order valence-corrected chi connectivity index (χ2v) is 14.6. The molecule has 45 heavy (non-hydrogen) atoms. The smallest absolute Gasteiger partial charge is 0.264 e. The number of aryl methyl sites for hydroxylation is 1. The highest BCUT2D eigenvalue weighted by atomic mass is 127. The molecule has 4 aromatic carbocycles. The molecule has 1 N–H and O–H groups in total. The number of benzene rings is 4. The van der Waals surface area contributed by atoms with Gasteiger partial charge in [-0.1, -0.05) is 91.2 Å². The van der Waals surface area contributed by atoms with Gasteiger partial charge in [0.2, 0.25) is 11.8 Å². The summed E-state index contributed by atoms with van der Waals surface area (Å²) in [5.74, 6) is -0.686. The molecule has 1 aliphatic carbocycles. The minimum atomic E-state index is -4.11. The first-order valence-corrected chi connectivity index (χ1v) is 17.8. The molecule has 234 valence electrons. The van der Waals surface area contributed by atoms with Crippen LogP contribution in [0, 0.1) is 10.5 Å². The molecule has 0 heterocycles. The maximum Gasteiger partial charge on any atom is 0.264 e. The Morgan fingerprint density at radius 2 is 1.42 bits per heavy atom. The lowest BCUT2D eigenvalue weighted by Crippen LogP contribution is -2.54. The third-order valence-electron chi connectivity index (χ3n) is 8.17. The molecule has 1 aliphatic rings. The quantitative estimate of drug-likeness (QED) is 0.169. The van der Waals surface area contributed by atoms with Crippen LogP contribution in [-0.4, -0.2) is 43.8 Å². The molecule has 1 fully saturated rings. The summed E-state index contributed by atoms with van der Waals surface area (Å²) in [5.41, 5.74) is 3.22. The van der Waals surface area contributed by atoms with Gasteiger partial charge < -0.3 is 10.2 Å². The number of anilines is 1. The first-order valence-electron chi connectivity index (χ1n) is 15.2. The topological polar surface area (TPSA) is 86.8 Å². The van der Waals surface area contributed by atoms with Gasteiger partial charge >= 0.3 is 0 Å². The molecule has 5 rings (SSSR count). The number of hydrogen-bond donors (Lipinski definition) is 1. The van der Waals surface area contributed by atoms with E-state index >= 15 is 0 Å². The van der Waals surface area contributed by atoms with Crippen LogP contribution in [0.3, 0.4) is 0 Å². The van der Waals surface area contributed by atoms with Crippen LogP contribution in [0.1, 0.15) is 42.4 Å². The Morgan fingerprint density at radius 1 is 0.822 bits per heavy atom. The molecule has 7 nitrogen and oxygen atoms in total. The molecule has 0 saturated heterocycles. The predicted octanol–water partition coefficient (Wildman–Crippen LogP) is 6.49. The van der Waals surface area contributed by atoms with Crippen LogP contribution in [0.15, 0.2) is 114 Å². The van der Waals surface area contributed by atoms with Crippen LogP contribution < -0.4 is 9.62 Å². The van der Waals surface area contributed by atoms with Crippen molar-refractivity contribution < 1.29 is 18.0 Å². The molecule has 0 aromatic heterocycles. The van der Waals surface area contributed by atoms with E-state index in [9.17, 15) is 18.0 Å². The predicted molar refractivity (Wildman–Crippen MR) is 186 cm³/mol. The SMILES string of the molecule is Cc1ccc(CN(C(=O)CN(c2ccc(I)cc2)S(=O)(=O)c2ccccc2)[C@H](Cc2ccccc2)C(=O)NC2CCCC2)cc1. The van der Waals surface area contributed by atoms with Gasteiger partial charge in [-0.25, -0.2) is 8.42 Å². The van der Waals surface area contributed by atoms with E-state index in [0.29, 0.717) is 12.1 Å². The van der Waals surface area contributed by atoms with Crippen LogP contribution in [0.4, 0.5) is 5.69 Å². The summed E-state index contributed by atoms with van der Waals surface area (Å²) in [4.78, 5) is 30.3. The molecule has 0 unspecified atom stereocenters. The van der Waals surface area contributed by atoms with Gasteiger partial charge in [-0.2, -0.15) is 0 Å². The lowest BCUT2D eigenvalue weighted by Gasteiger charge is -2.34. The van der Waals surface area contributed by atoms with Crippen molar-refractivity contribution in [2.24, 2.45) is 0 Å². The maximum absolute atomic E-state index is 14.6. The molecule has 1 saturated carbocycles. The van der Waals surface area contributed by atoms with E-state index in [1.54, 1.807) is 35.2 Å². The number of carbonyl (C=O) groups is 2. The van der Waals surface area contributed by atoms with E-state index in [4.69, 9.17) is 0 Å². The summed E-state index contributed by atoms with van der Waals surface area (Å²) in [7, 11) is -4.11. The van der Waals surface area contributed by atoms with E-state index in [1.165, 1.54) is 12.1 Å². The number of rotatable bonds is 12. The first kappa shape index (κ1) is 32.7. The van der Waals surface area contributed by atoms with Crippen molar-refractivity contribution in [3.63, 3.8) is 0 Å². The fourth-order valence-electron chi connectivity index (χ4n) is 5.67. The number of nitrogens with one attached hydrogen (secondary N) is 1. The molecule has 2 amide bonds. The third-order valence-corrected chi connectivity index (χ3v) is 10.7. The standard InChI is InChI=1S/C36H38IN3O4S/c1-27-16-18-29(19-17-27)25-39(34(24-28-10-4-2-5-11-28)36(42)38-31-12-8-9-13-31)35(41)26-40(32-22-20-30(37)21-23-32)45(43,44)33-14-6-3-7-15-33/h2-7,10-11,14-23,31,34H,8-9,12-13,24-26H2,1H3,(H,38,42)/t34-/m1/s1. The van der Waals surface area contributed by atoms with Crippen molar-refractivity contribution in [3.05, 3.63) is 129 Å². The summed E-state index contributed by atoms with van der Waals surface area (Å²) in [6, 6.07) is 31.8. The van der Waals surface area contributed by atoms with Crippen molar-refractivity contribution in [1.82, 2.24) is 10.2 Å². The molecule has 0 aliphatic heterocycles. The van der Waals surface area contributed by atoms with Gasteiger partial charge in [0.05, 0.1) is 10.6 Å². The van der Waals surface area contributed by atoms with E-state index in [-0.39, 0.29) is 23.4 Å². The van der Waals surface area contributed by atoms with Crippen molar-refractivity contribution >= 4 is 50.1 Å². The average molecular weight is 736 g/mol. The van der Waals surface area contributed by atoms with E-state index < -0.39 is 28.5 Å². The van der Waals surface area contributed by atoms with Gasteiger partial charge in [0, 0.05) is 22.6 Å². The molecule has 1 atom stereocenters. The summed E-state index contributed by atoms with van der Waals surface area (Å²) in [6.45, 7) is 1.68. The fourth-order valence-corrected chi connectivity index (χ4v) is 7.46. The monoisotopic (exact) mass is 735 g/mol. The van der Waals surface area contributed by atoms with Gasteiger partial charge in [-0.15, -0.1) is 0 Å². The highest BCUT2D eigenvalue weighted by molar-refractivity contribution is 14.1. The zero-order chi connectivity index (χ0) is 31.8. The Balaban J connectivity index is 1.55. The number of hydrogen-bond acceptors (Lipinski definition) is 4. The number of amides is 2. The minimum absolute atomic E-state index is 0.0637. The minimum Gasteiger partial charge on any atom is -0.352 e. The highest BCUT2D eigenvalue weighted by Gasteiger charge is 2.35. The van der Waals surface area contributed by atoms with Crippen LogP contribution in [0.25, 0.3) is 0 Å². The zero-order valence-electron chi connectivity index (χ0n) is 25.3. The van der Waals surface area contributed by atoms with Crippen molar-refractivity contribution in [3.8, 4) is 0 Å². The number of sulfonamides is 1. The molecule has 0 radical (unpaired) electrons. The zero-order valence-corrected chi connectivity index (χ0v) is 28.3. The second kappa shape index (κ2) is 15.1. The maximum atomic E-state index is 14.6. The van der Waals surface area contributed by atoms with Crippen molar-refractivity contribution in [1.29, 1.82) is 0 Å². The Labute approximate surface area is 279 Å². The fraction of sp³-hybridized carbons (Fsp3) is 0.278. The molecular formula is C36H38IN3O4S. The molecule has 4 aromatic rings. The number of carbonyl (C=O) groups excluding carboxylic acids is 2. The van der Waals surface area contributed by atoms with Gasteiger partial charge in [0.15, 0.2) is 0 Å². The normalized spacial score (nSPS) is 14.1. The highest BCUT2D eigenvalue weighted by Crippen LogP contribution is 2.26. The van der Waals surface area contributed by atoms with E-state index in [0.717, 1.165) is 50.2 Å². The molecule has 0 spiro atoms. The average Bonchev–Trinajstić information content (AvgIpc) is 3.57. The summed E-state index contributed by atoms with van der Waals surface area (Å²) in [5, 5.41) is 3.21. The molecule has 0 bridgehead atoms. The lowest BCUT2D eigenvalue weighted by atomic mass is 10.0.